The van der Waals surface area contributed by atoms with E-state index in [-0.39, 0.29) is 12.2 Å². The highest BCUT2D eigenvalue weighted by molar-refractivity contribution is 4.87. The summed E-state index contributed by atoms with van der Waals surface area (Å²) < 4.78 is 0. The fraction of sp³-hybridized carbons (Fsp3) is 0.833. The average molecular weight is 115 g/mol. The van der Waals surface area contributed by atoms with E-state index in [2.05, 4.69) is 0 Å². The highest BCUT2D eigenvalue weighted by Crippen LogP contribution is 2.16. The third kappa shape index (κ3) is 1.46. The second-order valence-corrected chi connectivity index (χ2v) is 2.26. The van der Waals surface area contributed by atoms with Crippen molar-refractivity contribution >= 4 is 0 Å². The molecule has 2 heteroatoms. The van der Waals surface area contributed by atoms with Gasteiger partial charge in [0.2, 0.25) is 0 Å². The molecule has 1 radical (unpaired) electrons. The summed E-state index contributed by atoms with van der Waals surface area (Å²) in [5.41, 5.74) is 0. The first-order valence-corrected chi connectivity index (χ1v) is 3.00. The molecule has 8 heavy (non-hydrogen) atoms. The maximum absolute atomic E-state index is 8.86. The number of rotatable bonds is 0. The number of aliphatic hydroxyl groups is 2. The van der Waals surface area contributed by atoms with E-state index >= 15 is 0 Å². The molecule has 1 fully saturated rings. The topological polar surface area (TPSA) is 40.5 Å². The Bertz CT molecular complexity index is 64.9. The zero-order valence-corrected chi connectivity index (χ0v) is 4.75. The van der Waals surface area contributed by atoms with E-state index in [9.17, 15) is 0 Å². The van der Waals surface area contributed by atoms with Gasteiger partial charge in [0.05, 0.1) is 12.2 Å². The summed E-state index contributed by atoms with van der Waals surface area (Å²) >= 11 is 0. The quantitative estimate of drug-likeness (QED) is 0.470. The van der Waals surface area contributed by atoms with E-state index in [1.165, 1.54) is 0 Å². The lowest BCUT2D eigenvalue weighted by molar-refractivity contribution is 0.0948. The zero-order valence-electron chi connectivity index (χ0n) is 4.75. The minimum atomic E-state index is -0.362. The van der Waals surface area contributed by atoms with Gasteiger partial charge in [0, 0.05) is 6.42 Å². The van der Waals surface area contributed by atoms with Crippen molar-refractivity contribution in [2.75, 3.05) is 0 Å². The van der Waals surface area contributed by atoms with Crippen LogP contribution in [0.5, 0.6) is 0 Å². The lowest BCUT2D eigenvalue weighted by Crippen LogP contribution is -2.23. The molecule has 2 nitrogen and oxygen atoms in total. The van der Waals surface area contributed by atoms with E-state index in [0.717, 1.165) is 19.3 Å². The van der Waals surface area contributed by atoms with Crippen LogP contribution in [0.1, 0.15) is 19.3 Å². The average Bonchev–Trinajstić information content (AvgIpc) is 1.64. The summed E-state index contributed by atoms with van der Waals surface area (Å²) in [5.74, 6) is 0. The fourth-order valence-electron chi connectivity index (χ4n) is 0.985. The predicted molar refractivity (Wildman–Crippen MR) is 30.2 cm³/mol. The molecule has 0 heterocycles. The van der Waals surface area contributed by atoms with Crippen LogP contribution in [-0.2, 0) is 0 Å². The molecule has 0 amide bonds. The molecule has 2 atom stereocenters. The van der Waals surface area contributed by atoms with E-state index in [1.54, 1.807) is 6.42 Å². The van der Waals surface area contributed by atoms with Crippen LogP contribution in [0.2, 0.25) is 0 Å². The molecule has 0 aromatic carbocycles. The largest absolute Gasteiger partial charge is 0.393 e. The first-order valence-electron chi connectivity index (χ1n) is 3.00. The minimum absolute atomic E-state index is 0.362. The van der Waals surface area contributed by atoms with Crippen LogP contribution in [-0.4, -0.2) is 22.4 Å². The van der Waals surface area contributed by atoms with Crippen molar-refractivity contribution in [3.05, 3.63) is 6.42 Å². The van der Waals surface area contributed by atoms with Crippen LogP contribution in [0, 0.1) is 6.42 Å². The summed E-state index contributed by atoms with van der Waals surface area (Å²) in [6.45, 7) is 0. The molecule has 1 rings (SSSR count). The predicted octanol–water partition coefficient (Wildman–Crippen LogP) is 0.0964. The molecule has 0 saturated heterocycles. The van der Waals surface area contributed by atoms with Crippen molar-refractivity contribution in [3.8, 4) is 0 Å². The Kier molecular flexibility index (Phi) is 1.86. The normalized spacial score (nSPS) is 39.8. The molecule has 47 valence electrons. The molecule has 2 N–H and O–H groups in total. The van der Waals surface area contributed by atoms with Gasteiger partial charge in [-0.2, -0.15) is 0 Å². The Morgan fingerprint density at radius 1 is 1.12 bits per heavy atom. The van der Waals surface area contributed by atoms with Gasteiger partial charge in [-0.3, -0.25) is 0 Å². The summed E-state index contributed by atoms with van der Waals surface area (Å²) in [6, 6.07) is 0. The fourth-order valence-corrected chi connectivity index (χ4v) is 0.985. The minimum Gasteiger partial charge on any atom is -0.393 e. The lowest BCUT2D eigenvalue weighted by atomic mass is 9.95. The smallest absolute Gasteiger partial charge is 0.0597 e. The monoisotopic (exact) mass is 115 g/mol. The third-order valence-electron chi connectivity index (χ3n) is 1.44. The molecule has 0 aromatic rings. The van der Waals surface area contributed by atoms with Crippen molar-refractivity contribution in [2.45, 2.75) is 31.5 Å². The molecule has 0 aliphatic heterocycles. The Balaban J connectivity index is 2.23. The van der Waals surface area contributed by atoms with Crippen LogP contribution in [0.3, 0.4) is 0 Å². The number of aliphatic hydroxyl groups excluding tert-OH is 2. The van der Waals surface area contributed by atoms with Gasteiger partial charge in [0.15, 0.2) is 0 Å². The first-order chi connectivity index (χ1) is 3.79. The third-order valence-corrected chi connectivity index (χ3v) is 1.44. The van der Waals surface area contributed by atoms with Crippen LogP contribution < -0.4 is 0 Å². The summed E-state index contributed by atoms with van der Waals surface area (Å²) in [4.78, 5) is 0. The summed E-state index contributed by atoms with van der Waals surface area (Å²) in [7, 11) is 0. The van der Waals surface area contributed by atoms with Gasteiger partial charge in [-0.15, -0.1) is 0 Å². The van der Waals surface area contributed by atoms with E-state index in [4.69, 9.17) is 10.2 Å². The van der Waals surface area contributed by atoms with E-state index in [0.29, 0.717) is 0 Å². The van der Waals surface area contributed by atoms with Crippen LogP contribution in [0.25, 0.3) is 0 Å². The standard InChI is InChI=1S/C6H11O2/c7-5-2-1-3-6(8)4-5/h4-8H,1-3H2/t5-,6-/m0/s1. The highest BCUT2D eigenvalue weighted by atomic mass is 16.3. The van der Waals surface area contributed by atoms with E-state index < -0.39 is 0 Å². The van der Waals surface area contributed by atoms with Crippen molar-refractivity contribution in [3.63, 3.8) is 0 Å². The molecule has 0 aromatic heterocycles. The van der Waals surface area contributed by atoms with Crippen molar-refractivity contribution in [1.82, 2.24) is 0 Å². The lowest BCUT2D eigenvalue weighted by Gasteiger charge is -2.20. The maximum Gasteiger partial charge on any atom is 0.0597 e. The van der Waals surface area contributed by atoms with Gasteiger partial charge in [-0.1, -0.05) is 0 Å². The van der Waals surface area contributed by atoms with Crippen molar-refractivity contribution in [2.24, 2.45) is 0 Å². The Morgan fingerprint density at radius 2 is 1.62 bits per heavy atom. The van der Waals surface area contributed by atoms with Gasteiger partial charge in [-0.25, -0.2) is 0 Å². The van der Waals surface area contributed by atoms with Gasteiger partial charge in [-0.05, 0) is 19.3 Å². The van der Waals surface area contributed by atoms with Gasteiger partial charge in [0.25, 0.3) is 0 Å². The first kappa shape index (κ1) is 6.05. The van der Waals surface area contributed by atoms with Crippen LogP contribution in [0.4, 0.5) is 0 Å². The maximum atomic E-state index is 8.86. The molecule has 1 aliphatic rings. The highest BCUT2D eigenvalue weighted by Gasteiger charge is 2.17. The zero-order chi connectivity index (χ0) is 5.98. The molecular weight excluding hydrogens is 104 g/mol. The van der Waals surface area contributed by atoms with Gasteiger partial charge in [0.1, 0.15) is 0 Å². The summed E-state index contributed by atoms with van der Waals surface area (Å²) in [6.07, 6.45) is 3.44. The Hall–Kier alpha value is -0.0800. The second-order valence-electron chi connectivity index (χ2n) is 2.26. The number of hydrogen-bond acceptors (Lipinski definition) is 2. The van der Waals surface area contributed by atoms with E-state index in [1.807, 2.05) is 0 Å². The molecule has 1 saturated carbocycles. The number of hydrogen-bond donors (Lipinski definition) is 2. The SMILES string of the molecule is O[C@@H]1[CH][C@@H](O)CCC1. The van der Waals surface area contributed by atoms with Crippen molar-refractivity contribution in [1.29, 1.82) is 0 Å². The Morgan fingerprint density at radius 3 is 1.88 bits per heavy atom. The summed E-state index contributed by atoms with van der Waals surface area (Å²) in [5, 5.41) is 17.7. The Labute approximate surface area is 49.1 Å². The van der Waals surface area contributed by atoms with Crippen LogP contribution in [0.15, 0.2) is 0 Å². The molecule has 0 spiro atoms. The van der Waals surface area contributed by atoms with Gasteiger partial charge < -0.3 is 10.2 Å². The van der Waals surface area contributed by atoms with Crippen LogP contribution >= 0.6 is 0 Å². The second kappa shape index (κ2) is 2.46. The molecule has 0 unspecified atom stereocenters. The molecular formula is C6H11O2. The molecule has 0 bridgehead atoms. The van der Waals surface area contributed by atoms with Crippen molar-refractivity contribution < 1.29 is 10.2 Å². The molecule has 1 aliphatic carbocycles. The van der Waals surface area contributed by atoms with Gasteiger partial charge >= 0.3 is 0 Å².